The molecule has 3 rings (SSSR count). The van der Waals surface area contributed by atoms with Gasteiger partial charge in [-0.15, -0.1) is 0 Å². The van der Waals surface area contributed by atoms with Gasteiger partial charge in [-0.3, -0.25) is 14.7 Å². The van der Waals surface area contributed by atoms with Crippen LogP contribution in [0.2, 0.25) is 0 Å². The van der Waals surface area contributed by atoms with Crippen molar-refractivity contribution >= 4 is 27.7 Å². The Labute approximate surface area is 167 Å². The molecule has 0 aliphatic carbocycles. The number of benzene rings is 2. The summed E-state index contributed by atoms with van der Waals surface area (Å²) >= 11 is 3.35. The number of amides is 2. The number of halogens is 3. The van der Waals surface area contributed by atoms with Crippen LogP contribution in [0.3, 0.4) is 0 Å². The molecule has 3 N–H and O–H groups in total. The Morgan fingerprint density at radius 2 is 1.79 bits per heavy atom. The molecule has 2 aromatic carbocycles. The molecule has 2 amide bonds. The topological polar surface area (TPSA) is 86.9 Å². The largest absolute Gasteiger partial charge is 0.357 e. The van der Waals surface area contributed by atoms with Crippen LogP contribution in [0.4, 0.5) is 8.78 Å². The molecule has 3 aromatic rings. The molecule has 0 spiro atoms. The minimum atomic E-state index is -1.20. The number of nitrogens with one attached hydrogen (secondary N) is 3. The quantitative estimate of drug-likeness (QED) is 0.559. The normalized spacial score (nSPS) is 11.7. The van der Waals surface area contributed by atoms with Gasteiger partial charge in [-0.2, -0.15) is 5.10 Å². The van der Waals surface area contributed by atoms with Gasteiger partial charge in [0.2, 0.25) is 5.91 Å². The van der Waals surface area contributed by atoms with Crippen molar-refractivity contribution in [2.24, 2.45) is 0 Å². The van der Waals surface area contributed by atoms with E-state index in [-0.39, 0.29) is 11.3 Å². The summed E-state index contributed by atoms with van der Waals surface area (Å²) in [6.07, 6.45) is 0. The van der Waals surface area contributed by atoms with Gasteiger partial charge >= 0.3 is 0 Å². The fourth-order valence-electron chi connectivity index (χ4n) is 2.55. The monoisotopic (exact) mass is 448 g/mol. The molecule has 1 unspecified atom stereocenters. The molecule has 0 aliphatic heterocycles. The van der Waals surface area contributed by atoms with Crippen LogP contribution in [-0.4, -0.2) is 29.1 Å². The maximum Gasteiger partial charge on any atom is 0.270 e. The number of hydrogen-bond acceptors (Lipinski definition) is 3. The Bertz CT molecular complexity index is 1020. The smallest absolute Gasteiger partial charge is 0.270 e. The summed E-state index contributed by atoms with van der Waals surface area (Å²) in [5.41, 5.74) is 1.57. The Morgan fingerprint density at radius 1 is 1.07 bits per heavy atom. The number of carbonyl (C=O) groups excluding carboxylic acids is 2. The number of rotatable bonds is 5. The van der Waals surface area contributed by atoms with Crippen LogP contribution in [0.5, 0.6) is 0 Å². The lowest BCUT2D eigenvalue weighted by Gasteiger charge is -2.17. The van der Waals surface area contributed by atoms with Gasteiger partial charge < -0.3 is 10.6 Å². The van der Waals surface area contributed by atoms with E-state index in [1.807, 2.05) is 24.3 Å². The second-order valence-corrected chi connectivity index (χ2v) is 6.78. The summed E-state index contributed by atoms with van der Waals surface area (Å²) < 4.78 is 27.6. The van der Waals surface area contributed by atoms with Crippen LogP contribution >= 0.6 is 15.9 Å². The lowest BCUT2D eigenvalue weighted by molar-refractivity contribution is -0.122. The van der Waals surface area contributed by atoms with E-state index in [2.05, 4.69) is 36.8 Å². The molecule has 0 saturated heterocycles. The van der Waals surface area contributed by atoms with Gasteiger partial charge in [0.15, 0.2) is 11.6 Å². The molecule has 0 bridgehead atoms. The summed E-state index contributed by atoms with van der Waals surface area (Å²) in [6.45, 7) is 0. The fourth-order valence-corrected chi connectivity index (χ4v) is 2.82. The highest BCUT2D eigenvalue weighted by molar-refractivity contribution is 9.10. The summed E-state index contributed by atoms with van der Waals surface area (Å²) in [6, 6.07) is 10.7. The highest BCUT2D eigenvalue weighted by Crippen LogP contribution is 2.21. The van der Waals surface area contributed by atoms with Gasteiger partial charge in [0.25, 0.3) is 5.91 Å². The van der Waals surface area contributed by atoms with Crippen molar-refractivity contribution in [3.8, 4) is 11.3 Å². The fraction of sp³-hybridized carbons (Fsp3) is 0.105. The number of carbonyl (C=O) groups is 2. The molecule has 0 fully saturated rings. The lowest BCUT2D eigenvalue weighted by Crippen LogP contribution is -2.39. The molecule has 0 radical (unpaired) electrons. The van der Waals surface area contributed by atoms with Crippen LogP contribution in [0.25, 0.3) is 11.3 Å². The molecule has 0 saturated carbocycles. The van der Waals surface area contributed by atoms with Crippen molar-refractivity contribution in [3.63, 3.8) is 0 Å². The van der Waals surface area contributed by atoms with E-state index in [1.54, 1.807) is 0 Å². The van der Waals surface area contributed by atoms with E-state index in [0.29, 0.717) is 5.69 Å². The summed E-state index contributed by atoms with van der Waals surface area (Å²) in [7, 11) is 1.38. The lowest BCUT2D eigenvalue weighted by atomic mass is 10.1. The zero-order valence-corrected chi connectivity index (χ0v) is 16.2. The third-order valence-electron chi connectivity index (χ3n) is 4.02. The molecule has 0 aliphatic rings. The molecular formula is C19H15BrF2N4O2. The summed E-state index contributed by atoms with van der Waals surface area (Å²) in [4.78, 5) is 24.7. The van der Waals surface area contributed by atoms with Crippen molar-refractivity contribution < 1.29 is 18.4 Å². The van der Waals surface area contributed by atoms with Crippen molar-refractivity contribution in [2.75, 3.05) is 7.05 Å². The van der Waals surface area contributed by atoms with Crippen molar-refractivity contribution in [1.29, 1.82) is 0 Å². The van der Waals surface area contributed by atoms with Crippen LogP contribution in [0.15, 0.2) is 53.0 Å². The molecule has 1 atom stereocenters. The van der Waals surface area contributed by atoms with E-state index in [0.717, 1.165) is 22.2 Å². The molecule has 28 heavy (non-hydrogen) atoms. The first-order valence-corrected chi connectivity index (χ1v) is 8.97. The zero-order chi connectivity index (χ0) is 20.3. The van der Waals surface area contributed by atoms with Crippen molar-refractivity contribution in [3.05, 3.63) is 75.9 Å². The van der Waals surface area contributed by atoms with Crippen molar-refractivity contribution in [2.45, 2.75) is 6.04 Å². The number of likely N-dealkylation sites (N-methyl/N-ethyl adjacent to an activating group) is 1. The number of hydrogen-bond donors (Lipinski definition) is 3. The van der Waals surface area contributed by atoms with E-state index in [1.165, 1.54) is 19.2 Å². The molecular weight excluding hydrogens is 434 g/mol. The summed E-state index contributed by atoms with van der Waals surface area (Å²) in [5, 5.41) is 11.6. The first kappa shape index (κ1) is 19.7. The molecule has 1 heterocycles. The predicted molar refractivity (Wildman–Crippen MR) is 102 cm³/mol. The molecule has 9 heteroatoms. The van der Waals surface area contributed by atoms with Crippen LogP contribution in [-0.2, 0) is 4.79 Å². The van der Waals surface area contributed by atoms with Gasteiger partial charge in [-0.1, -0.05) is 34.1 Å². The molecule has 1 aromatic heterocycles. The first-order chi connectivity index (χ1) is 13.4. The Kier molecular flexibility index (Phi) is 5.84. The maximum atomic E-state index is 13.5. The minimum Gasteiger partial charge on any atom is -0.357 e. The number of aromatic amines is 1. The van der Waals surface area contributed by atoms with Crippen LogP contribution in [0.1, 0.15) is 22.1 Å². The van der Waals surface area contributed by atoms with E-state index < -0.39 is 29.5 Å². The number of aromatic nitrogens is 2. The minimum absolute atomic E-state index is 0.110. The molecule has 6 nitrogen and oxygen atoms in total. The second kappa shape index (κ2) is 8.30. The number of H-pyrrole nitrogens is 1. The maximum absolute atomic E-state index is 13.5. The number of nitrogens with zero attached hydrogens (tertiary/aromatic N) is 1. The van der Waals surface area contributed by atoms with Gasteiger partial charge in [0.1, 0.15) is 11.7 Å². The third-order valence-corrected chi connectivity index (χ3v) is 4.55. The van der Waals surface area contributed by atoms with Crippen LogP contribution in [0, 0.1) is 11.6 Å². The third kappa shape index (κ3) is 4.25. The Balaban J connectivity index is 1.83. The second-order valence-electron chi connectivity index (χ2n) is 5.87. The molecule has 144 valence electrons. The predicted octanol–water partition coefficient (Wildman–Crippen LogP) is 3.33. The van der Waals surface area contributed by atoms with Gasteiger partial charge in [-0.25, -0.2) is 8.78 Å². The van der Waals surface area contributed by atoms with E-state index in [4.69, 9.17) is 0 Å². The average molecular weight is 449 g/mol. The SMILES string of the molecule is CNC(=O)C(NC(=O)c1cc(-c2ccc(Br)cc2)n[nH]1)c1ccc(F)c(F)c1. The average Bonchev–Trinajstić information content (AvgIpc) is 3.18. The Morgan fingerprint density at radius 3 is 2.43 bits per heavy atom. The first-order valence-electron chi connectivity index (χ1n) is 8.18. The summed E-state index contributed by atoms with van der Waals surface area (Å²) in [5.74, 6) is -3.35. The highest BCUT2D eigenvalue weighted by atomic mass is 79.9. The van der Waals surface area contributed by atoms with Gasteiger partial charge in [0, 0.05) is 17.1 Å². The van der Waals surface area contributed by atoms with Crippen LogP contribution < -0.4 is 10.6 Å². The Hall–Kier alpha value is -3.07. The highest BCUT2D eigenvalue weighted by Gasteiger charge is 2.24. The standard InChI is InChI=1S/C19H15BrF2N4O2/c1-23-19(28)17(11-4-7-13(21)14(22)8-11)24-18(27)16-9-15(25-26-16)10-2-5-12(20)6-3-10/h2-9,17H,1H3,(H,23,28)(H,24,27)(H,25,26). The van der Waals surface area contributed by atoms with Gasteiger partial charge in [-0.05, 0) is 35.9 Å². The zero-order valence-electron chi connectivity index (χ0n) is 14.6. The van der Waals surface area contributed by atoms with Gasteiger partial charge in [0.05, 0.1) is 5.69 Å². The van der Waals surface area contributed by atoms with E-state index in [9.17, 15) is 18.4 Å². The van der Waals surface area contributed by atoms with E-state index >= 15 is 0 Å². The van der Waals surface area contributed by atoms with Crippen molar-refractivity contribution in [1.82, 2.24) is 20.8 Å².